The Morgan fingerprint density at radius 2 is 2.04 bits per heavy atom. The Bertz CT molecular complexity index is 697. The van der Waals surface area contributed by atoms with Crippen LogP contribution in [0, 0.1) is 0 Å². The van der Waals surface area contributed by atoms with Crippen LogP contribution >= 0.6 is 11.8 Å². The summed E-state index contributed by atoms with van der Waals surface area (Å²) in [5, 5.41) is 16.6. The van der Waals surface area contributed by atoms with Crippen molar-refractivity contribution in [2.24, 2.45) is 0 Å². The molecule has 1 N–H and O–H groups in total. The number of nitrogens with one attached hydrogen (secondary N) is 1. The second-order valence-corrected chi connectivity index (χ2v) is 6.27. The van der Waals surface area contributed by atoms with Gasteiger partial charge in [0, 0.05) is 25.8 Å². The molecule has 0 saturated heterocycles. The summed E-state index contributed by atoms with van der Waals surface area (Å²) >= 11 is 1.39. The highest BCUT2D eigenvalue weighted by atomic mass is 32.2. The Morgan fingerprint density at radius 1 is 1.24 bits per heavy atom. The molecule has 0 spiro atoms. The molecule has 2 aromatic heterocycles. The van der Waals surface area contributed by atoms with E-state index in [4.69, 9.17) is 4.74 Å². The van der Waals surface area contributed by atoms with Crippen molar-refractivity contribution in [3.05, 3.63) is 6.20 Å². The average Bonchev–Trinajstić information content (AvgIpc) is 3.21. The monoisotopic (exact) mass is 366 g/mol. The topological polar surface area (TPSA) is 86.9 Å². The highest BCUT2D eigenvalue weighted by Crippen LogP contribution is 2.30. The quantitative estimate of drug-likeness (QED) is 0.649. The van der Waals surface area contributed by atoms with Gasteiger partial charge in [-0.25, -0.2) is 0 Å². The first-order valence-corrected chi connectivity index (χ1v) is 9.66. The normalized spacial score (nSPS) is 10.9. The van der Waals surface area contributed by atoms with Gasteiger partial charge in [0.2, 0.25) is 11.8 Å². The van der Waals surface area contributed by atoms with Crippen molar-refractivity contribution in [2.45, 2.75) is 52.4 Å². The van der Waals surface area contributed by atoms with Crippen molar-refractivity contribution in [3.63, 3.8) is 0 Å². The van der Waals surface area contributed by atoms with Crippen LogP contribution in [-0.2, 0) is 17.9 Å². The van der Waals surface area contributed by atoms with Crippen molar-refractivity contribution in [1.82, 2.24) is 29.9 Å². The number of hydrogen-bond acceptors (Lipinski definition) is 6. The van der Waals surface area contributed by atoms with Gasteiger partial charge < -0.3 is 14.6 Å². The van der Waals surface area contributed by atoms with E-state index >= 15 is 0 Å². The Labute approximate surface area is 152 Å². The molecule has 0 aliphatic carbocycles. The lowest BCUT2D eigenvalue weighted by Crippen LogP contribution is -2.25. The van der Waals surface area contributed by atoms with Crippen molar-refractivity contribution in [3.8, 4) is 17.3 Å². The molecule has 2 heterocycles. The van der Waals surface area contributed by atoms with E-state index in [0.29, 0.717) is 37.2 Å². The van der Waals surface area contributed by atoms with Crippen molar-refractivity contribution < 1.29 is 9.53 Å². The van der Waals surface area contributed by atoms with Crippen LogP contribution in [-0.4, -0.2) is 49.4 Å². The van der Waals surface area contributed by atoms with Crippen molar-refractivity contribution in [2.75, 3.05) is 18.9 Å². The highest BCUT2D eigenvalue weighted by Gasteiger charge is 2.20. The van der Waals surface area contributed by atoms with E-state index in [1.54, 1.807) is 0 Å². The molecule has 0 bridgehead atoms. The van der Waals surface area contributed by atoms with Crippen LogP contribution in [0.1, 0.15) is 34.1 Å². The number of carbonyl (C=O) groups is 1. The SMILES string of the molecule is CCCNC(=O)CSc1nnc(-c2cn(CC)nc2OCC)n1CC. The number of rotatable bonds is 10. The number of hydrogen-bond donors (Lipinski definition) is 1. The summed E-state index contributed by atoms with van der Waals surface area (Å²) < 4.78 is 9.44. The molecule has 0 aromatic carbocycles. The van der Waals surface area contributed by atoms with Crippen LogP contribution in [0.25, 0.3) is 11.4 Å². The Hall–Kier alpha value is -2.03. The summed E-state index contributed by atoms with van der Waals surface area (Å²) in [6.07, 6.45) is 2.84. The number of ether oxygens (including phenoxy) is 1. The van der Waals surface area contributed by atoms with Crippen LogP contribution < -0.4 is 10.1 Å². The lowest BCUT2D eigenvalue weighted by atomic mass is 10.3. The summed E-state index contributed by atoms with van der Waals surface area (Å²) in [5.74, 6) is 1.60. The molecule has 2 rings (SSSR count). The molecule has 0 radical (unpaired) electrons. The molecule has 0 aliphatic rings. The van der Waals surface area contributed by atoms with E-state index in [2.05, 4.69) is 20.6 Å². The minimum absolute atomic E-state index is 0.00728. The Balaban J connectivity index is 2.22. The number of amides is 1. The molecular formula is C16H26N6O2S. The summed E-state index contributed by atoms with van der Waals surface area (Å²) in [7, 11) is 0. The third kappa shape index (κ3) is 4.75. The maximum atomic E-state index is 11.8. The van der Waals surface area contributed by atoms with E-state index in [-0.39, 0.29) is 5.91 Å². The average molecular weight is 366 g/mol. The second-order valence-electron chi connectivity index (χ2n) is 5.33. The molecule has 2 aromatic rings. The van der Waals surface area contributed by atoms with Crippen LogP contribution in [0.3, 0.4) is 0 Å². The fourth-order valence-corrected chi connectivity index (χ4v) is 3.12. The zero-order valence-corrected chi connectivity index (χ0v) is 16.1. The fraction of sp³-hybridized carbons (Fsp3) is 0.625. The van der Waals surface area contributed by atoms with Crippen molar-refractivity contribution in [1.29, 1.82) is 0 Å². The zero-order valence-electron chi connectivity index (χ0n) is 15.3. The van der Waals surface area contributed by atoms with Gasteiger partial charge in [0.25, 0.3) is 0 Å². The van der Waals surface area contributed by atoms with Crippen LogP contribution in [0.2, 0.25) is 0 Å². The summed E-state index contributed by atoms with van der Waals surface area (Å²) in [6, 6.07) is 0. The van der Waals surface area contributed by atoms with E-state index < -0.39 is 0 Å². The van der Waals surface area contributed by atoms with Gasteiger partial charge in [0.1, 0.15) is 5.56 Å². The van der Waals surface area contributed by atoms with Gasteiger partial charge in [-0.05, 0) is 27.2 Å². The molecule has 0 atom stereocenters. The van der Waals surface area contributed by atoms with E-state index in [0.717, 1.165) is 23.7 Å². The molecule has 25 heavy (non-hydrogen) atoms. The maximum Gasteiger partial charge on any atom is 0.243 e. The second kappa shape index (κ2) is 9.45. The lowest BCUT2D eigenvalue weighted by Gasteiger charge is -2.07. The molecule has 9 heteroatoms. The summed E-state index contributed by atoms with van der Waals surface area (Å²) in [6.45, 7) is 10.7. The minimum Gasteiger partial charge on any atom is -0.476 e. The van der Waals surface area contributed by atoms with Crippen LogP contribution in [0.5, 0.6) is 5.88 Å². The van der Waals surface area contributed by atoms with E-state index in [9.17, 15) is 4.79 Å². The number of aromatic nitrogens is 5. The minimum atomic E-state index is 0.00728. The zero-order chi connectivity index (χ0) is 18.2. The molecule has 0 aliphatic heterocycles. The first-order chi connectivity index (χ1) is 12.1. The molecule has 1 amide bonds. The predicted molar refractivity (Wildman–Crippen MR) is 97.8 cm³/mol. The van der Waals surface area contributed by atoms with Gasteiger partial charge in [-0.2, -0.15) is 0 Å². The largest absolute Gasteiger partial charge is 0.476 e. The number of carbonyl (C=O) groups excluding carboxylic acids is 1. The number of aryl methyl sites for hydroxylation is 1. The molecule has 0 unspecified atom stereocenters. The number of nitrogens with zero attached hydrogens (tertiary/aromatic N) is 5. The standard InChI is InChI=1S/C16H26N6O2S/c1-5-9-17-13(23)11-25-16-19-18-14(22(16)7-3)12-10-21(6-2)20-15(12)24-8-4/h10H,5-9,11H2,1-4H3,(H,17,23). The predicted octanol–water partition coefficient (Wildman–Crippen LogP) is 2.20. The third-order valence-electron chi connectivity index (χ3n) is 3.51. The maximum absolute atomic E-state index is 11.8. The highest BCUT2D eigenvalue weighted by molar-refractivity contribution is 7.99. The van der Waals surface area contributed by atoms with Gasteiger partial charge in [-0.15, -0.1) is 15.3 Å². The lowest BCUT2D eigenvalue weighted by molar-refractivity contribution is -0.118. The summed E-state index contributed by atoms with van der Waals surface area (Å²) in [5.41, 5.74) is 0.820. The molecule has 8 nitrogen and oxygen atoms in total. The van der Waals surface area contributed by atoms with E-state index in [1.165, 1.54) is 11.8 Å². The molecular weight excluding hydrogens is 340 g/mol. The Kier molecular flexibility index (Phi) is 7.30. The van der Waals surface area contributed by atoms with Gasteiger partial charge >= 0.3 is 0 Å². The first kappa shape index (κ1) is 19.3. The fourth-order valence-electron chi connectivity index (χ4n) is 2.29. The van der Waals surface area contributed by atoms with Gasteiger partial charge in [0.15, 0.2) is 11.0 Å². The number of thioether (sulfide) groups is 1. The Morgan fingerprint density at radius 3 is 2.68 bits per heavy atom. The van der Waals surface area contributed by atoms with Crippen LogP contribution in [0.4, 0.5) is 0 Å². The summed E-state index contributed by atoms with van der Waals surface area (Å²) in [4.78, 5) is 11.8. The first-order valence-electron chi connectivity index (χ1n) is 8.67. The smallest absolute Gasteiger partial charge is 0.243 e. The van der Waals surface area contributed by atoms with Gasteiger partial charge in [0.05, 0.1) is 12.4 Å². The van der Waals surface area contributed by atoms with Crippen molar-refractivity contribution >= 4 is 17.7 Å². The van der Waals surface area contributed by atoms with E-state index in [1.807, 2.05) is 43.1 Å². The molecule has 138 valence electrons. The molecule has 0 fully saturated rings. The third-order valence-corrected chi connectivity index (χ3v) is 4.48. The van der Waals surface area contributed by atoms with Gasteiger partial charge in [-0.3, -0.25) is 9.48 Å². The van der Waals surface area contributed by atoms with Crippen LogP contribution in [0.15, 0.2) is 11.4 Å². The molecule has 0 saturated carbocycles. The van der Waals surface area contributed by atoms with Gasteiger partial charge in [-0.1, -0.05) is 18.7 Å².